The molecule has 0 saturated heterocycles. The summed E-state index contributed by atoms with van der Waals surface area (Å²) in [4.78, 5) is 15.3. The van der Waals surface area contributed by atoms with Crippen molar-refractivity contribution >= 4 is 5.97 Å². The first-order valence-corrected chi connectivity index (χ1v) is 5.96. The van der Waals surface area contributed by atoms with Gasteiger partial charge in [0.05, 0.1) is 19.2 Å². The Balaban J connectivity index is 1.88. The molecule has 0 amide bonds. The number of rotatable bonds is 5. The average molecular weight is 260 g/mol. The van der Waals surface area contributed by atoms with Crippen LogP contribution in [0.15, 0.2) is 35.2 Å². The number of methoxy groups -OCH3 is 1. The van der Waals surface area contributed by atoms with Crippen LogP contribution in [0, 0.1) is 6.92 Å². The average Bonchev–Trinajstić information content (AvgIpc) is 2.89. The Labute approximate surface area is 111 Å². The molecular formula is C14H16N2O3. The summed E-state index contributed by atoms with van der Waals surface area (Å²) in [5, 5.41) is 3.26. The van der Waals surface area contributed by atoms with E-state index in [1.54, 1.807) is 12.3 Å². The lowest BCUT2D eigenvalue weighted by Gasteiger charge is -2.05. The van der Waals surface area contributed by atoms with Crippen molar-refractivity contribution in [1.29, 1.82) is 0 Å². The van der Waals surface area contributed by atoms with Gasteiger partial charge in [-0.25, -0.2) is 4.79 Å². The summed E-state index contributed by atoms with van der Waals surface area (Å²) in [6.45, 7) is 3.30. The molecule has 2 aromatic heterocycles. The van der Waals surface area contributed by atoms with Gasteiger partial charge in [-0.1, -0.05) is 0 Å². The number of hydrogen-bond donors (Lipinski definition) is 1. The van der Waals surface area contributed by atoms with Crippen LogP contribution in [0.1, 0.15) is 27.2 Å². The smallest absolute Gasteiger partial charge is 0.341 e. The fourth-order valence-electron chi connectivity index (χ4n) is 1.72. The van der Waals surface area contributed by atoms with E-state index in [0.717, 1.165) is 12.1 Å². The Morgan fingerprint density at radius 1 is 1.47 bits per heavy atom. The van der Waals surface area contributed by atoms with Gasteiger partial charge in [0, 0.05) is 18.9 Å². The maximum Gasteiger partial charge on any atom is 0.341 e. The molecule has 0 aliphatic carbocycles. The van der Waals surface area contributed by atoms with Gasteiger partial charge in [-0.2, -0.15) is 0 Å². The van der Waals surface area contributed by atoms with E-state index in [1.165, 1.54) is 18.9 Å². The Bertz CT molecular complexity index is 563. The van der Waals surface area contributed by atoms with E-state index in [1.807, 2.05) is 19.2 Å². The summed E-state index contributed by atoms with van der Waals surface area (Å²) in [5.41, 5.74) is 2.76. The van der Waals surface area contributed by atoms with Gasteiger partial charge in [0.25, 0.3) is 0 Å². The third-order valence-electron chi connectivity index (χ3n) is 2.83. The molecule has 0 bridgehead atoms. The number of aromatic nitrogens is 1. The normalized spacial score (nSPS) is 10.4. The van der Waals surface area contributed by atoms with E-state index in [0.29, 0.717) is 17.9 Å². The number of aryl methyl sites for hydroxylation is 1. The van der Waals surface area contributed by atoms with E-state index in [9.17, 15) is 4.79 Å². The van der Waals surface area contributed by atoms with Gasteiger partial charge in [-0.3, -0.25) is 4.98 Å². The van der Waals surface area contributed by atoms with Crippen molar-refractivity contribution in [1.82, 2.24) is 10.3 Å². The second-order valence-corrected chi connectivity index (χ2v) is 4.20. The van der Waals surface area contributed by atoms with Gasteiger partial charge in [0.2, 0.25) is 0 Å². The van der Waals surface area contributed by atoms with Crippen LogP contribution >= 0.6 is 0 Å². The zero-order chi connectivity index (χ0) is 13.7. The van der Waals surface area contributed by atoms with Crippen LogP contribution in [-0.4, -0.2) is 18.1 Å². The van der Waals surface area contributed by atoms with Crippen molar-refractivity contribution in [2.45, 2.75) is 20.0 Å². The van der Waals surface area contributed by atoms with Gasteiger partial charge in [0.15, 0.2) is 0 Å². The van der Waals surface area contributed by atoms with Gasteiger partial charge in [-0.15, -0.1) is 0 Å². The van der Waals surface area contributed by atoms with Crippen LogP contribution in [0.25, 0.3) is 0 Å². The van der Waals surface area contributed by atoms with Crippen molar-refractivity contribution in [3.63, 3.8) is 0 Å². The molecule has 100 valence electrons. The summed E-state index contributed by atoms with van der Waals surface area (Å²) in [6, 6.07) is 3.66. The van der Waals surface area contributed by atoms with Crippen LogP contribution in [0.3, 0.4) is 0 Å². The maximum absolute atomic E-state index is 11.3. The SMILES string of the molecule is COC(=O)c1coc(CNCc2ccncc2C)c1. The number of furan rings is 1. The molecule has 5 heteroatoms. The van der Waals surface area contributed by atoms with Crippen molar-refractivity contribution in [2.24, 2.45) is 0 Å². The lowest BCUT2D eigenvalue weighted by atomic mass is 10.1. The number of esters is 1. The molecule has 0 fully saturated rings. The highest BCUT2D eigenvalue weighted by Gasteiger charge is 2.09. The first-order chi connectivity index (χ1) is 9.20. The zero-order valence-electron chi connectivity index (χ0n) is 11.0. The van der Waals surface area contributed by atoms with Crippen molar-refractivity contribution in [3.05, 3.63) is 53.2 Å². The Morgan fingerprint density at radius 2 is 2.32 bits per heavy atom. The fraction of sp³-hybridized carbons (Fsp3) is 0.286. The summed E-state index contributed by atoms with van der Waals surface area (Å²) in [6.07, 6.45) is 5.01. The van der Waals surface area contributed by atoms with E-state index in [2.05, 4.69) is 15.0 Å². The van der Waals surface area contributed by atoms with Crippen LogP contribution in [0.2, 0.25) is 0 Å². The van der Waals surface area contributed by atoms with Crippen LogP contribution in [0.5, 0.6) is 0 Å². The first kappa shape index (κ1) is 13.3. The van der Waals surface area contributed by atoms with Crippen molar-refractivity contribution in [2.75, 3.05) is 7.11 Å². The minimum absolute atomic E-state index is 0.389. The molecule has 2 heterocycles. The minimum atomic E-state index is -0.389. The molecule has 1 N–H and O–H groups in total. The molecule has 0 aliphatic rings. The summed E-state index contributed by atoms with van der Waals surface area (Å²) in [5.74, 6) is 0.312. The molecule has 2 rings (SSSR count). The second-order valence-electron chi connectivity index (χ2n) is 4.20. The molecular weight excluding hydrogens is 244 g/mol. The highest BCUT2D eigenvalue weighted by Crippen LogP contribution is 2.10. The number of hydrogen-bond acceptors (Lipinski definition) is 5. The molecule has 0 atom stereocenters. The molecule has 0 radical (unpaired) electrons. The Hall–Kier alpha value is -2.14. The molecule has 0 unspecified atom stereocenters. The quantitative estimate of drug-likeness (QED) is 0.834. The lowest BCUT2D eigenvalue weighted by molar-refractivity contribution is 0.0600. The van der Waals surface area contributed by atoms with Crippen molar-refractivity contribution < 1.29 is 13.9 Å². The standard InChI is InChI=1S/C14H16N2O3/c1-10-6-15-4-3-11(10)7-16-8-13-5-12(9-19-13)14(17)18-2/h3-6,9,16H,7-8H2,1-2H3. The number of pyridine rings is 1. The first-order valence-electron chi connectivity index (χ1n) is 5.96. The van der Waals surface area contributed by atoms with Crippen LogP contribution < -0.4 is 5.32 Å². The van der Waals surface area contributed by atoms with Gasteiger partial charge in [-0.05, 0) is 30.2 Å². The van der Waals surface area contributed by atoms with Crippen LogP contribution in [0.4, 0.5) is 0 Å². The monoisotopic (exact) mass is 260 g/mol. The summed E-state index contributed by atoms with van der Waals surface area (Å²) < 4.78 is 9.89. The molecule has 19 heavy (non-hydrogen) atoms. The zero-order valence-corrected chi connectivity index (χ0v) is 11.0. The maximum atomic E-state index is 11.3. The molecule has 0 aromatic carbocycles. The fourth-order valence-corrected chi connectivity index (χ4v) is 1.72. The second kappa shape index (κ2) is 6.15. The predicted octanol–water partition coefficient (Wildman–Crippen LogP) is 2.06. The molecule has 0 saturated carbocycles. The van der Waals surface area contributed by atoms with E-state index < -0.39 is 0 Å². The minimum Gasteiger partial charge on any atom is -0.467 e. The molecule has 0 spiro atoms. The van der Waals surface area contributed by atoms with Gasteiger partial charge in [0.1, 0.15) is 12.0 Å². The highest BCUT2D eigenvalue weighted by atomic mass is 16.5. The molecule has 2 aromatic rings. The Kier molecular flexibility index (Phi) is 4.30. The number of nitrogens with one attached hydrogen (secondary N) is 1. The van der Waals surface area contributed by atoms with E-state index in [4.69, 9.17) is 4.42 Å². The van der Waals surface area contributed by atoms with Crippen molar-refractivity contribution in [3.8, 4) is 0 Å². The number of carbonyl (C=O) groups excluding carboxylic acids is 1. The van der Waals surface area contributed by atoms with Gasteiger partial charge < -0.3 is 14.5 Å². The molecule has 5 nitrogen and oxygen atoms in total. The molecule has 0 aliphatic heterocycles. The third kappa shape index (κ3) is 3.42. The van der Waals surface area contributed by atoms with E-state index in [-0.39, 0.29) is 5.97 Å². The summed E-state index contributed by atoms with van der Waals surface area (Å²) >= 11 is 0. The van der Waals surface area contributed by atoms with E-state index >= 15 is 0 Å². The number of ether oxygens (including phenoxy) is 1. The van der Waals surface area contributed by atoms with Gasteiger partial charge >= 0.3 is 5.97 Å². The predicted molar refractivity (Wildman–Crippen MR) is 69.6 cm³/mol. The highest BCUT2D eigenvalue weighted by molar-refractivity contribution is 5.88. The lowest BCUT2D eigenvalue weighted by Crippen LogP contribution is -2.13. The number of nitrogens with zero attached hydrogens (tertiary/aromatic N) is 1. The Morgan fingerprint density at radius 3 is 3.05 bits per heavy atom. The summed E-state index contributed by atoms with van der Waals surface area (Å²) in [7, 11) is 1.35. The third-order valence-corrected chi connectivity index (χ3v) is 2.83. The largest absolute Gasteiger partial charge is 0.467 e. The topological polar surface area (TPSA) is 64.4 Å². The van der Waals surface area contributed by atoms with Crippen LogP contribution in [-0.2, 0) is 17.8 Å². The number of carbonyl (C=O) groups is 1.